The van der Waals surface area contributed by atoms with E-state index in [9.17, 15) is 9.50 Å². The summed E-state index contributed by atoms with van der Waals surface area (Å²) in [5, 5.41) is 9.90. The molecule has 0 saturated heterocycles. The number of rotatable bonds is 3. The first-order valence-electron chi connectivity index (χ1n) is 4.09. The van der Waals surface area contributed by atoms with Gasteiger partial charge in [-0.2, -0.15) is 0 Å². The molecule has 0 heterocycles. The molecule has 1 atom stereocenters. The maximum Gasteiger partial charge on any atom is 0.130 e. The van der Waals surface area contributed by atoms with Gasteiger partial charge in [-0.25, -0.2) is 4.39 Å². The molecule has 5 heteroatoms. The Morgan fingerprint density at radius 1 is 1.57 bits per heavy atom. The molecule has 1 aromatic carbocycles. The summed E-state index contributed by atoms with van der Waals surface area (Å²) in [4.78, 5) is 0. The first-order valence-corrected chi connectivity index (χ1v) is 5.26. The van der Waals surface area contributed by atoms with Crippen molar-refractivity contribution in [3.05, 3.63) is 33.0 Å². The Balaban J connectivity index is 3.02. The van der Waals surface area contributed by atoms with Gasteiger partial charge in [0.1, 0.15) is 5.82 Å². The van der Waals surface area contributed by atoms with E-state index >= 15 is 0 Å². The van der Waals surface area contributed by atoms with Crippen molar-refractivity contribution in [2.24, 2.45) is 5.73 Å². The van der Waals surface area contributed by atoms with Crippen LogP contribution < -0.4 is 5.73 Å². The van der Waals surface area contributed by atoms with Crippen molar-refractivity contribution in [1.82, 2.24) is 0 Å². The molecule has 3 N–H and O–H groups in total. The Kier molecular flexibility index (Phi) is 4.31. The molecule has 0 aliphatic carbocycles. The fourth-order valence-electron chi connectivity index (χ4n) is 1.11. The third-order valence-electron chi connectivity index (χ3n) is 1.84. The molecule has 78 valence electrons. The van der Waals surface area contributed by atoms with Crippen molar-refractivity contribution < 1.29 is 9.50 Å². The van der Waals surface area contributed by atoms with E-state index in [4.69, 9.17) is 17.3 Å². The maximum absolute atomic E-state index is 13.3. The van der Waals surface area contributed by atoms with E-state index in [1.807, 2.05) is 0 Å². The average Bonchev–Trinajstić information content (AvgIpc) is 2.11. The molecular weight excluding hydrogens is 272 g/mol. The van der Waals surface area contributed by atoms with E-state index in [0.717, 1.165) is 0 Å². The van der Waals surface area contributed by atoms with Gasteiger partial charge in [0.15, 0.2) is 0 Å². The molecular formula is C9H10BrClFNO. The van der Waals surface area contributed by atoms with Crippen LogP contribution in [0, 0.1) is 5.82 Å². The first-order chi connectivity index (χ1) is 6.56. The molecule has 0 radical (unpaired) electrons. The summed E-state index contributed by atoms with van der Waals surface area (Å²) in [6, 6.07) is 2.64. The molecule has 1 aromatic rings. The number of nitrogens with two attached hydrogens (primary N) is 1. The van der Waals surface area contributed by atoms with E-state index in [1.54, 1.807) is 0 Å². The smallest absolute Gasteiger partial charge is 0.130 e. The summed E-state index contributed by atoms with van der Waals surface area (Å²) >= 11 is 8.86. The van der Waals surface area contributed by atoms with Crippen LogP contribution in [0.4, 0.5) is 4.39 Å². The van der Waals surface area contributed by atoms with E-state index < -0.39 is 11.9 Å². The van der Waals surface area contributed by atoms with Gasteiger partial charge in [0.2, 0.25) is 0 Å². The second-order valence-corrected chi connectivity index (χ2v) is 4.14. The number of hydrogen-bond acceptors (Lipinski definition) is 2. The van der Waals surface area contributed by atoms with Crippen molar-refractivity contribution in [3.8, 4) is 0 Å². The minimum Gasteiger partial charge on any atom is -0.388 e. The largest absolute Gasteiger partial charge is 0.388 e. The van der Waals surface area contributed by atoms with Gasteiger partial charge in [0, 0.05) is 10.0 Å². The van der Waals surface area contributed by atoms with Gasteiger partial charge in [0.25, 0.3) is 0 Å². The summed E-state index contributed by atoms with van der Waals surface area (Å²) in [6.45, 7) is 0.300. The third-order valence-corrected chi connectivity index (χ3v) is 3.04. The van der Waals surface area contributed by atoms with Crippen molar-refractivity contribution in [3.63, 3.8) is 0 Å². The van der Waals surface area contributed by atoms with Crippen molar-refractivity contribution in [1.29, 1.82) is 0 Å². The van der Waals surface area contributed by atoms with Crippen LogP contribution in [0.3, 0.4) is 0 Å². The highest BCUT2D eigenvalue weighted by Gasteiger charge is 2.14. The summed E-state index contributed by atoms with van der Waals surface area (Å²) < 4.78 is 13.8. The molecule has 0 aromatic heterocycles. The molecule has 0 bridgehead atoms. The number of halogens is 3. The summed E-state index contributed by atoms with van der Waals surface area (Å²) in [5.74, 6) is -0.484. The van der Waals surface area contributed by atoms with Crippen LogP contribution in [-0.2, 0) is 0 Å². The minimum absolute atomic E-state index is 0.184. The van der Waals surface area contributed by atoms with Crippen LogP contribution in [0.15, 0.2) is 16.6 Å². The van der Waals surface area contributed by atoms with Gasteiger partial charge in [-0.1, -0.05) is 11.6 Å². The van der Waals surface area contributed by atoms with Crippen LogP contribution in [-0.4, -0.2) is 11.7 Å². The van der Waals surface area contributed by atoms with E-state index in [0.29, 0.717) is 22.5 Å². The quantitative estimate of drug-likeness (QED) is 0.837. The van der Waals surface area contributed by atoms with E-state index in [2.05, 4.69) is 15.9 Å². The molecule has 0 aliphatic heterocycles. The predicted octanol–water partition coefficient (Wildman–Crippen LogP) is 2.62. The highest BCUT2D eigenvalue weighted by molar-refractivity contribution is 9.10. The van der Waals surface area contributed by atoms with Gasteiger partial charge < -0.3 is 10.8 Å². The summed E-state index contributed by atoms with van der Waals surface area (Å²) in [7, 11) is 0. The van der Waals surface area contributed by atoms with Crippen LogP contribution in [0.5, 0.6) is 0 Å². The fourth-order valence-corrected chi connectivity index (χ4v) is 1.59. The van der Waals surface area contributed by atoms with Gasteiger partial charge in [-0.05, 0) is 41.0 Å². The Bertz CT molecular complexity index is 335. The number of aliphatic hydroxyl groups is 1. The zero-order chi connectivity index (χ0) is 10.7. The molecule has 1 rings (SSSR count). The molecule has 0 fully saturated rings. The molecule has 2 nitrogen and oxygen atoms in total. The minimum atomic E-state index is -0.898. The monoisotopic (exact) mass is 281 g/mol. The number of benzene rings is 1. The molecule has 14 heavy (non-hydrogen) atoms. The standard InChI is InChI=1S/C9H10BrClFNO/c10-6-4-8(12)5(3-7(6)11)9(14)1-2-13/h3-4,9,14H,1-2,13H2. The predicted molar refractivity (Wildman–Crippen MR) is 57.7 cm³/mol. The number of aliphatic hydroxyl groups excluding tert-OH is 1. The van der Waals surface area contributed by atoms with Gasteiger partial charge in [-0.15, -0.1) is 0 Å². The van der Waals surface area contributed by atoms with Crippen LogP contribution in [0.25, 0.3) is 0 Å². The van der Waals surface area contributed by atoms with Crippen LogP contribution in [0.2, 0.25) is 5.02 Å². The molecule has 0 amide bonds. The lowest BCUT2D eigenvalue weighted by molar-refractivity contribution is 0.165. The van der Waals surface area contributed by atoms with Crippen LogP contribution in [0.1, 0.15) is 18.1 Å². The summed E-state index contributed by atoms with van der Waals surface area (Å²) in [6.07, 6.45) is -0.583. The zero-order valence-electron chi connectivity index (χ0n) is 7.30. The van der Waals surface area contributed by atoms with Gasteiger partial charge >= 0.3 is 0 Å². The highest BCUT2D eigenvalue weighted by atomic mass is 79.9. The Morgan fingerprint density at radius 2 is 2.21 bits per heavy atom. The molecule has 0 saturated carbocycles. The maximum atomic E-state index is 13.3. The zero-order valence-corrected chi connectivity index (χ0v) is 9.65. The second-order valence-electron chi connectivity index (χ2n) is 2.88. The lowest BCUT2D eigenvalue weighted by Crippen LogP contribution is -2.08. The molecule has 0 aliphatic rings. The second kappa shape index (κ2) is 5.07. The van der Waals surface area contributed by atoms with Gasteiger partial charge in [0.05, 0.1) is 11.1 Å². The van der Waals surface area contributed by atoms with Gasteiger partial charge in [-0.3, -0.25) is 0 Å². The van der Waals surface area contributed by atoms with Crippen molar-refractivity contribution >= 4 is 27.5 Å². The summed E-state index contributed by atoms with van der Waals surface area (Å²) in [5.41, 5.74) is 5.44. The highest BCUT2D eigenvalue weighted by Crippen LogP contribution is 2.29. The number of hydrogen-bond donors (Lipinski definition) is 2. The Labute approximate surface area is 95.0 Å². The lowest BCUT2D eigenvalue weighted by Gasteiger charge is -2.11. The lowest BCUT2D eigenvalue weighted by atomic mass is 10.1. The Hall–Kier alpha value is -0.160. The Morgan fingerprint density at radius 3 is 2.79 bits per heavy atom. The molecule has 1 unspecified atom stereocenters. The first kappa shape index (κ1) is 11.9. The normalized spacial score (nSPS) is 12.9. The van der Waals surface area contributed by atoms with Crippen molar-refractivity contribution in [2.45, 2.75) is 12.5 Å². The van der Waals surface area contributed by atoms with E-state index in [-0.39, 0.29) is 5.56 Å². The third kappa shape index (κ3) is 2.67. The van der Waals surface area contributed by atoms with Crippen LogP contribution >= 0.6 is 27.5 Å². The molecule has 0 spiro atoms. The topological polar surface area (TPSA) is 46.2 Å². The van der Waals surface area contributed by atoms with Crippen molar-refractivity contribution in [2.75, 3.05) is 6.54 Å². The average molecular weight is 283 g/mol. The SMILES string of the molecule is NCCC(O)c1cc(Cl)c(Br)cc1F. The van der Waals surface area contributed by atoms with E-state index in [1.165, 1.54) is 12.1 Å². The fraction of sp³-hybridized carbons (Fsp3) is 0.333.